The normalized spacial score (nSPS) is 15.8. The Labute approximate surface area is 253 Å². The van der Waals surface area contributed by atoms with E-state index >= 15 is 8.78 Å². The van der Waals surface area contributed by atoms with E-state index in [1.165, 1.54) is 43.6 Å². The van der Waals surface area contributed by atoms with Crippen LogP contribution in [0.4, 0.5) is 18.9 Å². The van der Waals surface area contributed by atoms with Crippen LogP contribution in [0.1, 0.15) is 61.4 Å². The topological polar surface area (TPSA) is 72.7 Å². The lowest BCUT2D eigenvalue weighted by atomic mass is 9.79. The molecule has 0 bridgehead atoms. The summed E-state index contributed by atoms with van der Waals surface area (Å²) in [5.74, 6) is -2.90. The van der Waals surface area contributed by atoms with Gasteiger partial charge in [-0.1, -0.05) is 42.8 Å². The number of anilines is 1. The van der Waals surface area contributed by atoms with Gasteiger partial charge in [-0.05, 0) is 86.9 Å². The number of rotatable bonds is 10. The highest BCUT2D eigenvalue weighted by molar-refractivity contribution is 6.31. The number of pyridine rings is 1. The van der Waals surface area contributed by atoms with Crippen LogP contribution in [0.2, 0.25) is 5.02 Å². The van der Waals surface area contributed by atoms with Gasteiger partial charge in [0, 0.05) is 24.6 Å². The number of hydrogen-bond acceptors (Lipinski definition) is 4. The summed E-state index contributed by atoms with van der Waals surface area (Å²) in [6.07, 6.45) is 6.11. The number of halogens is 4. The van der Waals surface area contributed by atoms with Gasteiger partial charge in [0.15, 0.2) is 11.6 Å². The molecule has 1 unspecified atom stereocenters. The number of benzene rings is 2. The summed E-state index contributed by atoms with van der Waals surface area (Å²) in [5.41, 5.74) is -0.598. The monoisotopic (exact) mass is 611 g/mol. The molecule has 0 spiro atoms. The molecule has 1 saturated carbocycles. The molecule has 3 aromatic rings. The molecule has 4 rings (SSSR count). The van der Waals surface area contributed by atoms with Crippen LogP contribution in [-0.2, 0) is 16.0 Å². The molecule has 43 heavy (non-hydrogen) atoms. The van der Waals surface area contributed by atoms with Crippen LogP contribution in [0.5, 0.6) is 0 Å². The van der Waals surface area contributed by atoms with Crippen molar-refractivity contribution >= 4 is 35.1 Å². The predicted octanol–water partition coefficient (Wildman–Crippen LogP) is 7.73. The molecule has 0 saturated heterocycles. The maximum Gasteiger partial charge on any atom is 0.273 e. The molecule has 0 radical (unpaired) electrons. The van der Waals surface area contributed by atoms with Gasteiger partial charge >= 0.3 is 0 Å². The van der Waals surface area contributed by atoms with Crippen LogP contribution >= 0.6 is 11.6 Å². The molecule has 1 atom stereocenters. The number of allylic oxidation sites excluding steroid dienone is 2. The van der Waals surface area contributed by atoms with Gasteiger partial charge in [0.1, 0.15) is 22.2 Å². The SMILES string of the molecule is C/C=C/N=C(/C(F)=C/n1c(C)cc(C(C)Cc2ccc(F)cc2)c(Cl)c1=O)c1cccc(NC(=O)C2(OC)CCC2)c1F. The van der Waals surface area contributed by atoms with Gasteiger partial charge in [0.25, 0.3) is 11.5 Å². The van der Waals surface area contributed by atoms with Crippen LogP contribution in [-0.4, -0.2) is 28.9 Å². The van der Waals surface area contributed by atoms with Gasteiger partial charge < -0.3 is 10.1 Å². The molecule has 1 amide bonds. The summed E-state index contributed by atoms with van der Waals surface area (Å²) in [6.45, 7) is 5.18. The Hall–Kier alpha value is -3.95. The van der Waals surface area contributed by atoms with Crippen molar-refractivity contribution in [2.45, 2.75) is 58.0 Å². The molecule has 1 heterocycles. The number of carbonyl (C=O) groups excluding carboxylic acids is 1. The number of ether oxygens (including phenoxy) is 1. The van der Waals surface area contributed by atoms with Crippen molar-refractivity contribution in [3.8, 4) is 0 Å². The van der Waals surface area contributed by atoms with Crippen LogP contribution in [0, 0.1) is 18.6 Å². The first-order valence-corrected chi connectivity index (χ1v) is 14.3. The first-order chi connectivity index (χ1) is 20.5. The Balaban J connectivity index is 1.68. The van der Waals surface area contributed by atoms with Crippen molar-refractivity contribution in [3.63, 3.8) is 0 Å². The van der Waals surface area contributed by atoms with Crippen LogP contribution in [0.15, 0.2) is 76.4 Å². The minimum absolute atomic E-state index is 0.0878. The van der Waals surface area contributed by atoms with E-state index in [-0.39, 0.29) is 33.7 Å². The van der Waals surface area contributed by atoms with Gasteiger partial charge in [-0.15, -0.1) is 0 Å². The van der Waals surface area contributed by atoms with Gasteiger partial charge in [0.2, 0.25) is 0 Å². The molecule has 1 N–H and O–H groups in total. The molecular formula is C33H33ClF3N3O3. The number of carbonyl (C=O) groups is 1. The quantitative estimate of drug-likeness (QED) is 0.238. The first-order valence-electron chi connectivity index (χ1n) is 13.9. The summed E-state index contributed by atoms with van der Waals surface area (Å²) in [5, 5.41) is 2.47. The fourth-order valence-corrected chi connectivity index (χ4v) is 5.34. The predicted molar refractivity (Wildman–Crippen MR) is 164 cm³/mol. The van der Waals surface area contributed by atoms with E-state index in [1.807, 2.05) is 6.92 Å². The van der Waals surface area contributed by atoms with Crippen molar-refractivity contribution in [2.75, 3.05) is 12.4 Å². The first kappa shape index (κ1) is 32.0. The molecule has 1 aliphatic carbocycles. The standard InChI is InChI=1S/C33H33ClF3N3O3/c1-5-16-38-30(24-8-6-9-27(29(24)37)39-32(42)33(43-4)14-7-15-33)26(36)19-40-21(3)18-25(28(34)31(40)41)20(2)17-22-10-12-23(35)13-11-22/h5-6,8-13,16,18-20H,7,14-15,17H2,1-4H3,(H,39,42)/b16-5+,26-19-,38-30+. The fourth-order valence-electron chi connectivity index (χ4n) is 5.00. The second-order valence-electron chi connectivity index (χ2n) is 10.6. The van der Waals surface area contributed by atoms with Crippen molar-refractivity contribution < 1.29 is 22.7 Å². The van der Waals surface area contributed by atoms with Gasteiger partial charge in [-0.25, -0.2) is 13.2 Å². The maximum atomic E-state index is 15.9. The van der Waals surface area contributed by atoms with E-state index in [0.717, 1.165) is 22.8 Å². The summed E-state index contributed by atoms with van der Waals surface area (Å²) in [4.78, 5) is 30.2. The third kappa shape index (κ3) is 6.84. The summed E-state index contributed by atoms with van der Waals surface area (Å²) < 4.78 is 51.4. The highest BCUT2D eigenvalue weighted by Crippen LogP contribution is 2.36. The Morgan fingerprint density at radius 1 is 1.21 bits per heavy atom. The number of aliphatic imine (C=N–C) groups is 1. The summed E-state index contributed by atoms with van der Waals surface area (Å²) >= 11 is 6.48. The number of methoxy groups -OCH3 is 1. The summed E-state index contributed by atoms with van der Waals surface area (Å²) in [6, 6.07) is 11.9. The van der Waals surface area contributed by atoms with Crippen LogP contribution < -0.4 is 10.9 Å². The number of nitrogens with zero attached hydrogens (tertiary/aromatic N) is 2. The van der Waals surface area contributed by atoms with Crippen LogP contribution in [0.3, 0.4) is 0 Å². The Morgan fingerprint density at radius 2 is 1.91 bits per heavy atom. The fraction of sp³-hybridized carbons (Fsp3) is 0.303. The van der Waals surface area contributed by atoms with E-state index in [4.69, 9.17) is 16.3 Å². The second-order valence-corrected chi connectivity index (χ2v) is 11.0. The highest BCUT2D eigenvalue weighted by atomic mass is 35.5. The zero-order valence-electron chi connectivity index (χ0n) is 24.4. The number of nitrogens with one attached hydrogen (secondary N) is 1. The molecule has 0 aliphatic heterocycles. The second kappa shape index (κ2) is 13.6. The lowest BCUT2D eigenvalue weighted by Crippen LogP contribution is -2.50. The number of amides is 1. The lowest BCUT2D eigenvalue weighted by Gasteiger charge is -2.38. The number of aryl methyl sites for hydroxylation is 1. The van der Waals surface area contributed by atoms with E-state index < -0.39 is 28.7 Å². The molecule has 6 nitrogen and oxygen atoms in total. The minimum Gasteiger partial charge on any atom is -0.368 e. The lowest BCUT2D eigenvalue weighted by molar-refractivity contribution is -0.148. The molecule has 1 fully saturated rings. The third-order valence-electron chi connectivity index (χ3n) is 7.68. The maximum absolute atomic E-state index is 15.9. The highest BCUT2D eigenvalue weighted by Gasteiger charge is 2.44. The smallest absolute Gasteiger partial charge is 0.273 e. The Kier molecular flexibility index (Phi) is 10.1. The number of aromatic nitrogens is 1. The van der Waals surface area contributed by atoms with Gasteiger partial charge in [0.05, 0.1) is 11.9 Å². The molecule has 10 heteroatoms. The average Bonchev–Trinajstić information content (AvgIpc) is 2.96. The third-order valence-corrected chi connectivity index (χ3v) is 8.06. The zero-order valence-corrected chi connectivity index (χ0v) is 25.1. The molecule has 1 aliphatic rings. The molecule has 226 valence electrons. The molecule has 2 aromatic carbocycles. The van der Waals surface area contributed by atoms with Gasteiger partial charge in [-0.2, -0.15) is 0 Å². The average molecular weight is 612 g/mol. The minimum atomic E-state index is -1.02. The van der Waals surface area contributed by atoms with Gasteiger partial charge in [-0.3, -0.25) is 19.1 Å². The Bertz CT molecular complexity index is 1650. The van der Waals surface area contributed by atoms with E-state index in [1.54, 1.807) is 38.1 Å². The van der Waals surface area contributed by atoms with E-state index in [0.29, 0.717) is 30.5 Å². The largest absolute Gasteiger partial charge is 0.368 e. The van der Waals surface area contributed by atoms with Crippen molar-refractivity contribution in [3.05, 3.63) is 116 Å². The van der Waals surface area contributed by atoms with E-state index in [2.05, 4.69) is 10.3 Å². The van der Waals surface area contributed by atoms with Crippen molar-refractivity contribution in [1.82, 2.24) is 4.57 Å². The van der Waals surface area contributed by atoms with Crippen molar-refractivity contribution in [2.24, 2.45) is 4.99 Å². The van der Waals surface area contributed by atoms with Crippen molar-refractivity contribution in [1.29, 1.82) is 0 Å². The zero-order chi connectivity index (χ0) is 31.3. The Morgan fingerprint density at radius 3 is 2.51 bits per heavy atom. The van der Waals surface area contributed by atoms with Crippen LogP contribution in [0.25, 0.3) is 6.20 Å². The molecule has 1 aromatic heterocycles. The summed E-state index contributed by atoms with van der Waals surface area (Å²) in [7, 11) is 1.43. The number of hydrogen-bond donors (Lipinski definition) is 1. The van der Waals surface area contributed by atoms with E-state index in [9.17, 15) is 14.0 Å². The molecular weight excluding hydrogens is 579 g/mol.